The molecule has 0 aliphatic heterocycles. The Balaban J connectivity index is 2.19. The Morgan fingerprint density at radius 1 is 1.26 bits per heavy atom. The van der Waals surface area contributed by atoms with E-state index in [9.17, 15) is 14.5 Å². The lowest BCUT2D eigenvalue weighted by molar-refractivity contribution is -0.385. The smallest absolute Gasteiger partial charge is 0.276 e. The van der Waals surface area contributed by atoms with Crippen LogP contribution in [0.2, 0.25) is 0 Å². The highest BCUT2D eigenvalue weighted by Gasteiger charge is 2.14. The van der Waals surface area contributed by atoms with Crippen molar-refractivity contribution in [2.24, 2.45) is 0 Å². The Hall–Kier alpha value is -1.95. The lowest BCUT2D eigenvalue weighted by atomic mass is 10.2. The second-order valence-corrected chi connectivity index (χ2v) is 4.69. The third-order valence-electron chi connectivity index (χ3n) is 2.43. The van der Waals surface area contributed by atoms with Gasteiger partial charge in [0.05, 0.1) is 10.5 Å². The first kappa shape index (κ1) is 13.5. The van der Waals surface area contributed by atoms with Crippen LogP contribution in [-0.2, 0) is 6.61 Å². The molecule has 0 atom stereocenters. The Labute approximate surface area is 117 Å². The summed E-state index contributed by atoms with van der Waals surface area (Å²) in [6, 6.07) is 10.4. The van der Waals surface area contributed by atoms with Crippen molar-refractivity contribution in [3.05, 3.63) is 68.4 Å². The van der Waals surface area contributed by atoms with Crippen molar-refractivity contribution in [2.75, 3.05) is 0 Å². The van der Waals surface area contributed by atoms with E-state index in [2.05, 4.69) is 15.9 Å². The summed E-state index contributed by atoms with van der Waals surface area (Å²) in [5, 5.41) is 10.8. The maximum absolute atomic E-state index is 13.1. The summed E-state index contributed by atoms with van der Waals surface area (Å²) in [6.45, 7) is -0.0650. The minimum absolute atomic E-state index is 0.0650. The molecule has 0 heterocycles. The molecule has 0 aliphatic carbocycles. The van der Waals surface area contributed by atoms with Crippen molar-refractivity contribution >= 4 is 21.6 Å². The topological polar surface area (TPSA) is 52.4 Å². The monoisotopic (exact) mass is 325 g/mol. The number of benzene rings is 2. The maximum Gasteiger partial charge on any atom is 0.276 e. The Bertz CT molecular complexity index is 619. The fourth-order valence-electron chi connectivity index (χ4n) is 1.57. The number of halogens is 2. The molecule has 0 aliphatic rings. The average Bonchev–Trinajstić information content (AvgIpc) is 2.36. The van der Waals surface area contributed by atoms with Gasteiger partial charge >= 0.3 is 0 Å². The molecule has 0 saturated heterocycles. The summed E-state index contributed by atoms with van der Waals surface area (Å²) in [5.41, 5.74) is 0.0429. The maximum atomic E-state index is 13.1. The van der Waals surface area contributed by atoms with E-state index in [0.717, 1.165) is 22.7 Å². The van der Waals surface area contributed by atoms with Gasteiger partial charge in [-0.2, -0.15) is 0 Å². The quantitative estimate of drug-likeness (QED) is 0.628. The SMILES string of the molecule is O=[N+]([O-])c1ccc(F)cc1COc1cccc(Br)c1. The number of nitro benzene ring substituents is 1. The van der Waals surface area contributed by atoms with Gasteiger partial charge in [0.15, 0.2) is 0 Å². The molecule has 2 aromatic carbocycles. The van der Waals surface area contributed by atoms with Crippen molar-refractivity contribution in [3.8, 4) is 5.75 Å². The normalized spacial score (nSPS) is 10.2. The van der Waals surface area contributed by atoms with Crippen LogP contribution >= 0.6 is 15.9 Å². The van der Waals surface area contributed by atoms with Gasteiger partial charge in [-0.15, -0.1) is 0 Å². The first-order valence-electron chi connectivity index (χ1n) is 5.37. The van der Waals surface area contributed by atoms with Crippen LogP contribution < -0.4 is 4.74 Å². The zero-order chi connectivity index (χ0) is 13.8. The molecular weight excluding hydrogens is 317 g/mol. The van der Waals surface area contributed by atoms with Gasteiger partial charge in [-0.05, 0) is 30.3 Å². The molecule has 0 N–H and O–H groups in total. The zero-order valence-corrected chi connectivity index (χ0v) is 11.3. The van der Waals surface area contributed by atoms with Crippen LogP contribution in [0.5, 0.6) is 5.75 Å². The van der Waals surface area contributed by atoms with Gasteiger partial charge in [-0.3, -0.25) is 10.1 Å². The number of hydrogen-bond acceptors (Lipinski definition) is 3. The Morgan fingerprint density at radius 2 is 2.05 bits per heavy atom. The van der Waals surface area contributed by atoms with Crippen LogP contribution in [0, 0.1) is 15.9 Å². The third-order valence-corrected chi connectivity index (χ3v) is 2.92. The fraction of sp³-hybridized carbons (Fsp3) is 0.0769. The predicted octanol–water partition coefficient (Wildman–Crippen LogP) is 4.08. The zero-order valence-electron chi connectivity index (χ0n) is 9.68. The standard InChI is InChI=1S/C13H9BrFNO3/c14-10-2-1-3-12(7-10)19-8-9-6-11(15)4-5-13(9)16(17)18/h1-7H,8H2. The third kappa shape index (κ3) is 3.51. The molecule has 2 rings (SSSR count). The van der Waals surface area contributed by atoms with Gasteiger partial charge in [0.1, 0.15) is 18.2 Å². The Morgan fingerprint density at radius 3 is 2.74 bits per heavy atom. The van der Waals surface area contributed by atoms with E-state index < -0.39 is 10.7 Å². The minimum atomic E-state index is -0.557. The molecule has 19 heavy (non-hydrogen) atoms. The second kappa shape index (κ2) is 5.79. The van der Waals surface area contributed by atoms with Gasteiger partial charge in [0.25, 0.3) is 5.69 Å². The second-order valence-electron chi connectivity index (χ2n) is 3.78. The van der Waals surface area contributed by atoms with E-state index in [1.165, 1.54) is 0 Å². The summed E-state index contributed by atoms with van der Waals surface area (Å²) in [5.74, 6) is 0.0198. The van der Waals surface area contributed by atoms with Crippen LogP contribution in [0.4, 0.5) is 10.1 Å². The lowest BCUT2D eigenvalue weighted by Gasteiger charge is -2.07. The number of hydrogen-bond donors (Lipinski definition) is 0. The van der Waals surface area contributed by atoms with Gasteiger partial charge in [-0.25, -0.2) is 4.39 Å². The lowest BCUT2D eigenvalue weighted by Crippen LogP contribution is -2.01. The molecule has 0 spiro atoms. The molecule has 4 nitrogen and oxygen atoms in total. The van der Waals surface area contributed by atoms with Gasteiger partial charge < -0.3 is 4.74 Å². The number of rotatable bonds is 4. The van der Waals surface area contributed by atoms with E-state index in [0.29, 0.717) is 5.75 Å². The highest BCUT2D eigenvalue weighted by molar-refractivity contribution is 9.10. The van der Waals surface area contributed by atoms with Crippen molar-refractivity contribution in [1.29, 1.82) is 0 Å². The molecule has 0 radical (unpaired) electrons. The molecule has 6 heteroatoms. The van der Waals surface area contributed by atoms with E-state index in [1.807, 2.05) is 6.07 Å². The Kier molecular flexibility index (Phi) is 4.11. The summed E-state index contributed by atoms with van der Waals surface area (Å²) in [4.78, 5) is 10.3. The van der Waals surface area contributed by atoms with E-state index in [4.69, 9.17) is 4.74 Å². The van der Waals surface area contributed by atoms with Crippen LogP contribution in [-0.4, -0.2) is 4.92 Å². The van der Waals surface area contributed by atoms with Crippen LogP contribution in [0.3, 0.4) is 0 Å². The highest BCUT2D eigenvalue weighted by atomic mass is 79.9. The van der Waals surface area contributed by atoms with Gasteiger partial charge in [0, 0.05) is 10.5 Å². The first-order chi connectivity index (χ1) is 9.06. The highest BCUT2D eigenvalue weighted by Crippen LogP contribution is 2.23. The van der Waals surface area contributed by atoms with E-state index in [-0.39, 0.29) is 17.9 Å². The summed E-state index contributed by atoms with van der Waals surface area (Å²) in [6.07, 6.45) is 0. The number of nitrogens with zero attached hydrogens (tertiary/aromatic N) is 1. The van der Waals surface area contributed by atoms with Crippen molar-refractivity contribution in [2.45, 2.75) is 6.61 Å². The largest absolute Gasteiger partial charge is 0.489 e. The summed E-state index contributed by atoms with van der Waals surface area (Å²) in [7, 11) is 0. The molecule has 0 unspecified atom stereocenters. The van der Waals surface area contributed by atoms with Gasteiger partial charge in [-0.1, -0.05) is 22.0 Å². The average molecular weight is 326 g/mol. The number of nitro groups is 1. The molecule has 98 valence electrons. The van der Waals surface area contributed by atoms with Crippen LogP contribution in [0.1, 0.15) is 5.56 Å². The van der Waals surface area contributed by atoms with Crippen LogP contribution in [0.25, 0.3) is 0 Å². The molecule has 0 saturated carbocycles. The molecule has 0 amide bonds. The fourth-order valence-corrected chi connectivity index (χ4v) is 1.94. The molecule has 0 aromatic heterocycles. The first-order valence-corrected chi connectivity index (χ1v) is 6.17. The number of ether oxygens (including phenoxy) is 1. The minimum Gasteiger partial charge on any atom is -0.489 e. The van der Waals surface area contributed by atoms with Gasteiger partial charge in [0.2, 0.25) is 0 Å². The molecular formula is C13H9BrFNO3. The van der Waals surface area contributed by atoms with E-state index in [1.54, 1.807) is 18.2 Å². The summed E-state index contributed by atoms with van der Waals surface area (Å²) >= 11 is 3.29. The van der Waals surface area contributed by atoms with Crippen molar-refractivity contribution in [3.63, 3.8) is 0 Å². The molecule has 0 bridgehead atoms. The van der Waals surface area contributed by atoms with Crippen molar-refractivity contribution < 1.29 is 14.1 Å². The molecule has 0 fully saturated rings. The van der Waals surface area contributed by atoms with E-state index >= 15 is 0 Å². The van der Waals surface area contributed by atoms with Crippen molar-refractivity contribution in [1.82, 2.24) is 0 Å². The predicted molar refractivity (Wildman–Crippen MR) is 71.5 cm³/mol. The summed E-state index contributed by atoms with van der Waals surface area (Å²) < 4.78 is 19.4. The van der Waals surface area contributed by atoms with Crippen LogP contribution in [0.15, 0.2) is 46.9 Å². The molecule has 2 aromatic rings.